The first kappa shape index (κ1) is 20.4. The lowest BCUT2D eigenvalue weighted by Crippen LogP contribution is -2.26. The third-order valence-electron chi connectivity index (χ3n) is 4.67. The van der Waals surface area contributed by atoms with Gasteiger partial charge in [-0.15, -0.1) is 0 Å². The zero-order valence-electron chi connectivity index (χ0n) is 16.2. The predicted molar refractivity (Wildman–Crippen MR) is 119 cm³/mol. The van der Waals surface area contributed by atoms with Gasteiger partial charge in [0.2, 0.25) is 0 Å². The number of ether oxygens (including phenoxy) is 1. The van der Waals surface area contributed by atoms with Crippen molar-refractivity contribution in [2.75, 3.05) is 11.4 Å². The Balaban J connectivity index is 1.74. The quantitative estimate of drug-likeness (QED) is 0.410. The minimum atomic E-state index is -1.62. The van der Waals surface area contributed by atoms with E-state index in [0.717, 1.165) is 21.2 Å². The molecule has 0 radical (unpaired) electrons. The van der Waals surface area contributed by atoms with Crippen LogP contribution in [-0.2, 0) is 24.6 Å². The molecular formula is C21H18BrN3O4S. The maximum atomic E-state index is 13.5. The van der Waals surface area contributed by atoms with Gasteiger partial charge in [-0.05, 0) is 45.8 Å². The Hall–Kier alpha value is -2.91. The molecule has 0 aliphatic carbocycles. The van der Waals surface area contributed by atoms with Crippen LogP contribution >= 0.6 is 15.9 Å². The molecule has 0 aliphatic rings. The molecule has 4 rings (SSSR count). The number of nitrogens with zero attached hydrogens (tertiary/aromatic N) is 3. The maximum Gasteiger partial charge on any atom is 0.258 e. The molecule has 154 valence electrons. The van der Waals surface area contributed by atoms with Crippen molar-refractivity contribution < 1.29 is 13.5 Å². The van der Waals surface area contributed by atoms with E-state index < -0.39 is 11.0 Å². The van der Waals surface area contributed by atoms with Crippen molar-refractivity contribution in [1.29, 1.82) is 0 Å². The van der Waals surface area contributed by atoms with E-state index in [2.05, 4.69) is 21.1 Å². The van der Waals surface area contributed by atoms with E-state index in [4.69, 9.17) is 9.26 Å². The zero-order valence-corrected chi connectivity index (χ0v) is 18.6. The van der Waals surface area contributed by atoms with Crippen LogP contribution in [0.3, 0.4) is 0 Å². The summed E-state index contributed by atoms with van der Waals surface area (Å²) < 4.78 is 27.6. The molecular weight excluding hydrogens is 470 g/mol. The van der Waals surface area contributed by atoms with Crippen molar-refractivity contribution in [2.24, 2.45) is 7.05 Å². The van der Waals surface area contributed by atoms with Gasteiger partial charge in [0.05, 0.1) is 18.6 Å². The summed E-state index contributed by atoms with van der Waals surface area (Å²) in [6.07, 6.45) is 3.15. The molecule has 0 saturated carbocycles. The molecule has 9 heteroatoms. The number of fused-ring (bicyclic) bond motifs is 1. The summed E-state index contributed by atoms with van der Waals surface area (Å²) in [5.41, 5.74) is 0.766. The number of rotatable bonds is 6. The summed E-state index contributed by atoms with van der Waals surface area (Å²) in [7, 11) is 1.67. The Morgan fingerprint density at radius 2 is 1.93 bits per heavy atom. The van der Waals surface area contributed by atoms with Crippen molar-refractivity contribution in [3.63, 3.8) is 0 Å². The lowest BCUT2D eigenvalue weighted by molar-refractivity contribution is 0.414. The largest absolute Gasteiger partial charge is 0.497 e. The average molecular weight is 488 g/mol. The Kier molecular flexibility index (Phi) is 5.74. The van der Waals surface area contributed by atoms with Crippen molar-refractivity contribution in [1.82, 2.24) is 9.72 Å². The number of hydrogen-bond donors (Lipinski definition) is 0. The molecule has 30 heavy (non-hydrogen) atoms. The van der Waals surface area contributed by atoms with Crippen molar-refractivity contribution in [3.8, 4) is 5.75 Å². The highest BCUT2D eigenvalue weighted by Crippen LogP contribution is 2.27. The fraction of sp³-hybridized carbons (Fsp3) is 0.143. The molecule has 1 atom stereocenters. The molecule has 0 amide bonds. The highest BCUT2D eigenvalue weighted by atomic mass is 79.9. The standard InChI is InChI=1S/C21H18BrN3O4S/c1-24-13-19(22)17-8-7-16(11-18(17)21(24)26)30(27)25(20-9-10-29-23-20)12-14-3-5-15(28-2)6-4-14/h3-11,13H,12H2,1-2H3. The van der Waals surface area contributed by atoms with Crippen LogP contribution < -0.4 is 14.6 Å². The molecule has 0 fully saturated rings. The van der Waals surface area contributed by atoms with Crippen molar-refractivity contribution in [2.45, 2.75) is 11.4 Å². The number of hydrogen-bond acceptors (Lipinski definition) is 5. The molecule has 0 bridgehead atoms. The van der Waals surface area contributed by atoms with Crippen LogP contribution in [0.4, 0.5) is 5.82 Å². The SMILES string of the molecule is COc1ccc(CN(c2ccon2)S(=O)c2ccc3c(Br)cn(C)c(=O)c3c2)cc1. The van der Waals surface area contributed by atoms with Crippen LogP contribution in [0.1, 0.15) is 5.56 Å². The van der Waals surface area contributed by atoms with Gasteiger partial charge in [-0.1, -0.05) is 23.4 Å². The number of methoxy groups -OCH3 is 1. The third kappa shape index (κ3) is 3.90. The second-order valence-corrected chi connectivity index (χ2v) is 8.86. The molecule has 1 unspecified atom stereocenters. The molecule has 0 spiro atoms. The van der Waals surface area contributed by atoms with E-state index in [9.17, 15) is 9.00 Å². The molecule has 7 nitrogen and oxygen atoms in total. The number of benzene rings is 2. The van der Waals surface area contributed by atoms with E-state index in [1.807, 2.05) is 24.3 Å². The summed E-state index contributed by atoms with van der Waals surface area (Å²) in [4.78, 5) is 13.1. The van der Waals surface area contributed by atoms with Gasteiger partial charge in [-0.3, -0.25) is 9.10 Å². The van der Waals surface area contributed by atoms with Gasteiger partial charge in [0.1, 0.15) is 12.0 Å². The lowest BCUT2D eigenvalue weighted by Gasteiger charge is -2.21. The van der Waals surface area contributed by atoms with Gasteiger partial charge in [0.25, 0.3) is 5.56 Å². The highest BCUT2D eigenvalue weighted by molar-refractivity contribution is 9.10. The number of aromatic nitrogens is 2. The number of anilines is 1. The summed E-state index contributed by atoms with van der Waals surface area (Å²) in [5, 5.41) is 5.21. The Labute approximate surface area is 183 Å². The summed E-state index contributed by atoms with van der Waals surface area (Å²) >= 11 is 3.48. The summed E-state index contributed by atoms with van der Waals surface area (Å²) in [6, 6.07) is 14.4. The number of pyridine rings is 1. The molecule has 0 saturated heterocycles. The molecule has 0 aliphatic heterocycles. The van der Waals surface area contributed by atoms with Gasteiger partial charge < -0.3 is 13.8 Å². The highest BCUT2D eigenvalue weighted by Gasteiger charge is 2.20. The Morgan fingerprint density at radius 1 is 1.17 bits per heavy atom. The van der Waals surface area contributed by atoms with Crippen LogP contribution in [0, 0.1) is 0 Å². The van der Waals surface area contributed by atoms with Gasteiger partial charge in [-0.2, -0.15) is 0 Å². The fourth-order valence-electron chi connectivity index (χ4n) is 3.09. The first-order chi connectivity index (χ1) is 14.5. The molecule has 2 heterocycles. The van der Waals surface area contributed by atoms with E-state index in [1.165, 1.54) is 10.8 Å². The second-order valence-electron chi connectivity index (χ2n) is 6.59. The van der Waals surface area contributed by atoms with Gasteiger partial charge in [0.15, 0.2) is 16.8 Å². The molecule has 2 aromatic heterocycles. The van der Waals surface area contributed by atoms with E-state index in [1.54, 1.807) is 48.9 Å². The molecule has 2 aromatic carbocycles. The predicted octanol–water partition coefficient (Wildman–Crippen LogP) is 4.03. The normalized spacial score (nSPS) is 12.1. The van der Waals surface area contributed by atoms with Crippen molar-refractivity contribution in [3.05, 3.63) is 81.4 Å². The topological polar surface area (TPSA) is 77.6 Å². The van der Waals surface area contributed by atoms with E-state index >= 15 is 0 Å². The second kappa shape index (κ2) is 8.45. The van der Waals surface area contributed by atoms with Crippen LogP contribution in [0.2, 0.25) is 0 Å². The van der Waals surface area contributed by atoms with E-state index in [0.29, 0.717) is 22.6 Å². The molecule has 4 aromatic rings. The van der Waals surface area contributed by atoms with Gasteiger partial charge in [0, 0.05) is 34.6 Å². The van der Waals surface area contributed by atoms with Crippen molar-refractivity contribution >= 4 is 43.5 Å². The third-order valence-corrected chi connectivity index (χ3v) is 6.68. The van der Waals surface area contributed by atoms with Crippen LogP contribution in [0.25, 0.3) is 10.8 Å². The van der Waals surface area contributed by atoms with Crippen LogP contribution in [0.5, 0.6) is 5.75 Å². The number of aryl methyl sites for hydroxylation is 1. The molecule has 0 N–H and O–H groups in total. The van der Waals surface area contributed by atoms with Gasteiger partial charge in [-0.25, -0.2) is 4.21 Å². The van der Waals surface area contributed by atoms with Gasteiger partial charge >= 0.3 is 0 Å². The summed E-state index contributed by atoms with van der Waals surface area (Å²) in [5.74, 6) is 1.18. The van der Waals surface area contributed by atoms with Crippen LogP contribution in [-0.4, -0.2) is 21.0 Å². The Morgan fingerprint density at radius 3 is 2.60 bits per heavy atom. The Bertz CT molecular complexity index is 1270. The first-order valence-corrected chi connectivity index (χ1v) is 10.9. The maximum absolute atomic E-state index is 13.5. The lowest BCUT2D eigenvalue weighted by atomic mass is 10.2. The smallest absolute Gasteiger partial charge is 0.258 e. The van der Waals surface area contributed by atoms with E-state index in [-0.39, 0.29) is 5.56 Å². The summed E-state index contributed by atoms with van der Waals surface area (Å²) in [6.45, 7) is 0.331. The zero-order chi connectivity index (χ0) is 21.3. The average Bonchev–Trinajstić information content (AvgIpc) is 3.30. The van der Waals surface area contributed by atoms with Crippen LogP contribution in [0.15, 0.2) is 79.7 Å². The first-order valence-electron chi connectivity index (χ1n) is 8.99. The number of halogens is 1. The monoisotopic (exact) mass is 487 g/mol. The minimum Gasteiger partial charge on any atom is -0.497 e. The minimum absolute atomic E-state index is 0.157. The fourth-order valence-corrected chi connectivity index (χ4v) is 4.93.